The number of rotatable bonds is 2. The van der Waals surface area contributed by atoms with Gasteiger partial charge in [-0.3, -0.25) is 4.90 Å². The van der Waals surface area contributed by atoms with Gasteiger partial charge in [0.1, 0.15) is 0 Å². The number of ether oxygens (including phenoxy) is 1. The number of hydrogen-bond acceptors (Lipinski definition) is 3. The van der Waals surface area contributed by atoms with Crippen LogP contribution in [0.15, 0.2) is 0 Å². The Bertz CT molecular complexity index is 225. The van der Waals surface area contributed by atoms with Crippen LogP contribution in [0.1, 0.15) is 20.8 Å². The summed E-state index contributed by atoms with van der Waals surface area (Å²) < 4.78 is 5.54. The zero-order valence-electron chi connectivity index (χ0n) is 9.75. The second kappa shape index (κ2) is 4.81. The van der Waals surface area contributed by atoms with Crippen LogP contribution in [0.4, 0.5) is 4.79 Å². The summed E-state index contributed by atoms with van der Waals surface area (Å²) in [7, 11) is 0. The highest BCUT2D eigenvalue weighted by molar-refractivity contribution is 5.71. The van der Waals surface area contributed by atoms with Gasteiger partial charge < -0.3 is 15.8 Å². The highest BCUT2D eigenvalue weighted by atomic mass is 16.5. The van der Waals surface area contributed by atoms with E-state index < -0.39 is 6.03 Å². The van der Waals surface area contributed by atoms with Crippen LogP contribution in [0.3, 0.4) is 0 Å². The molecule has 0 aromatic heterocycles. The highest BCUT2D eigenvalue weighted by Crippen LogP contribution is 2.17. The average molecular weight is 215 g/mol. The van der Waals surface area contributed by atoms with Gasteiger partial charge in [0.25, 0.3) is 0 Å². The fourth-order valence-electron chi connectivity index (χ4n) is 1.67. The van der Waals surface area contributed by atoms with Gasteiger partial charge in [-0.05, 0) is 20.8 Å². The number of primary amides is 1. The lowest BCUT2D eigenvalue weighted by Crippen LogP contribution is -2.54. The number of carbonyl (C=O) groups excluding carboxylic acids is 1. The fourth-order valence-corrected chi connectivity index (χ4v) is 1.67. The maximum atomic E-state index is 10.6. The van der Waals surface area contributed by atoms with Crippen LogP contribution in [-0.4, -0.2) is 48.8 Å². The summed E-state index contributed by atoms with van der Waals surface area (Å²) in [5.41, 5.74) is 5.16. The Hall–Kier alpha value is -0.810. The van der Waals surface area contributed by atoms with Gasteiger partial charge in [0.05, 0.1) is 12.7 Å². The SMILES string of the molecule is CC(C)(C)N1CCOC(CNC(N)=O)C1. The molecule has 5 heteroatoms. The number of carbonyl (C=O) groups is 1. The van der Waals surface area contributed by atoms with Crippen molar-refractivity contribution >= 4 is 6.03 Å². The molecule has 3 N–H and O–H groups in total. The number of amides is 2. The Kier molecular flexibility index (Phi) is 3.93. The summed E-state index contributed by atoms with van der Waals surface area (Å²) in [4.78, 5) is 12.9. The Morgan fingerprint density at radius 3 is 2.80 bits per heavy atom. The Balaban J connectivity index is 2.39. The quantitative estimate of drug-likeness (QED) is 0.689. The second-order valence-corrected chi connectivity index (χ2v) is 4.85. The van der Waals surface area contributed by atoms with Crippen molar-refractivity contribution in [2.75, 3.05) is 26.2 Å². The summed E-state index contributed by atoms with van der Waals surface area (Å²) >= 11 is 0. The van der Waals surface area contributed by atoms with E-state index in [1.165, 1.54) is 0 Å². The zero-order valence-corrected chi connectivity index (χ0v) is 9.75. The van der Waals surface area contributed by atoms with E-state index in [9.17, 15) is 4.79 Å². The van der Waals surface area contributed by atoms with Crippen LogP contribution >= 0.6 is 0 Å². The summed E-state index contributed by atoms with van der Waals surface area (Å²) in [5.74, 6) is 0. The predicted octanol–water partition coefficient (Wildman–Crippen LogP) is 0.154. The van der Waals surface area contributed by atoms with Crippen molar-refractivity contribution in [3.8, 4) is 0 Å². The predicted molar refractivity (Wildman–Crippen MR) is 58.7 cm³/mol. The summed E-state index contributed by atoms with van der Waals surface area (Å²) in [6.07, 6.45) is 0.0467. The average Bonchev–Trinajstić information content (AvgIpc) is 2.14. The first-order valence-electron chi connectivity index (χ1n) is 5.29. The monoisotopic (exact) mass is 215 g/mol. The van der Waals surface area contributed by atoms with Gasteiger partial charge in [-0.1, -0.05) is 0 Å². The first kappa shape index (κ1) is 12.3. The van der Waals surface area contributed by atoms with E-state index >= 15 is 0 Å². The molecule has 0 radical (unpaired) electrons. The van der Waals surface area contributed by atoms with E-state index in [1.54, 1.807) is 0 Å². The summed E-state index contributed by atoms with van der Waals surface area (Å²) in [6.45, 7) is 9.51. The van der Waals surface area contributed by atoms with Crippen LogP contribution in [0.5, 0.6) is 0 Å². The van der Waals surface area contributed by atoms with E-state index in [2.05, 4.69) is 31.0 Å². The first-order chi connectivity index (χ1) is 6.89. The normalized spacial score (nSPS) is 23.8. The van der Waals surface area contributed by atoms with Gasteiger partial charge in [0, 0.05) is 25.2 Å². The molecule has 88 valence electrons. The van der Waals surface area contributed by atoms with Crippen molar-refractivity contribution in [2.24, 2.45) is 5.73 Å². The van der Waals surface area contributed by atoms with Crippen molar-refractivity contribution in [3.05, 3.63) is 0 Å². The minimum atomic E-state index is -0.494. The molecule has 0 aromatic carbocycles. The molecule has 15 heavy (non-hydrogen) atoms. The lowest BCUT2D eigenvalue weighted by molar-refractivity contribution is -0.0554. The molecule has 2 amide bonds. The maximum absolute atomic E-state index is 10.6. The van der Waals surface area contributed by atoms with Crippen molar-refractivity contribution in [1.82, 2.24) is 10.2 Å². The van der Waals surface area contributed by atoms with Crippen LogP contribution in [0.25, 0.3) is 0 Å². The van der Waals surface area contributed by atoms with E-state index in [1.807, 2.05) is 0 Å². The molecule has 1 aliphatic rings. The molecular formula is C10H21N3O2. The topological polar surface area (TPSA) is 67.6 Å². The molecule has 0 aliphatic carbocycles. The van der Waals surface area contributed by atoms with Crippen molar-refractivity contribution in [2.45, 2.75) is 32.4 Å². The molecule has 1 fully saturated rings. The molecule has 1 rings (SSSR count). The first-order valence-corrected chi connectivity index (χ1v) is 5.29. The second-order valence-electron chi connectivity index (χ2n) is 4.85. The van der Waals surface area contributed by atoms with E-state index in [-0.39, 0.29) is 11.6 Å². The van der Waals surface area contributed by atoms with Crippen LogP contribution in [-0.2, 0) is 4.74 Å². The number of nitrogens with one attached hydrogen (secondary N) is 1. The van der Waals surface area contributed by atoms with Gasteiger partial charge in [0.15, 0.2) is 0 Å². The number of urea groups is 1. The lowest BCUT2D eigenvalue weighted by atomic mass is 10.0. The Labute approximate surface area is 90.9 Å². The molecule has 1 aliphatic heterocycles. The molecule has 1 atom stereocenters. The van der Waals surface area contributed by atoms with Gasteiger partial charge in [-0.2, -0.15) is 0 Å². The third kappa shape index (κ3) is 4.05. The third-order valence-electron chi connectivity index (χ3n) is 2.59. The van der Waals surface area contributed by atoms with E-state index in [0.29, 0.717) is 13.2 Å². The number of morpholine rings is 1. The summed E-state index contributed by atoms with van der Waals surface area (Å²) in [6, 6.07) is -0.494. The maximum Gasteiger partial charge on any atom is 0.312 e. The number of hydrogen-bond donors (Lipinski definition) is 2. The molecule has 0 saturated carbocycles. The van der Waals surface area contributed by atoms with E-state index in [0.717, 1.165) is 13.1 Å². The van der Waals surface area contributed by atoms with Gasteiger partial charge in [-0.25, -0.2) is 4.79 Å². The Morgan fingerprint density at radius 2 is 2.27 bits per heavy atom. The van der Waals surface area contributed by atoms with Crippen LogP contribution in [0.2, 0.25) is 0 Å². The molecule has 1 heterocycles. The highest BCUT2D eigenvalue weighted by Gasteiger charge is 2.28. The van der Waals surface area contributed by atoms with Crippen molar-refractivity contribution in [3.63, 3.8) is 0 Å². The standard InChI is InChI=1S/C10H21N3O2/c1-10(2,3)13-4-5-15-8(7-13)6-12-9(11)14/h8H,4-7H2,1-3H3,(H3,11,12,14). The largest absolute Gasteiger partial charge is 0.374 e. The number of nitrogens with zero attached hydrogens (tertiary/aromatic N) is 1. The van der Waals surface area contributed by atoms with E-state index in [4.69, 9.17) is 10.5 Å². The smallest absolute Gasteiger partial charge is 0.312 e. The molecule has 0 aromatic rings. The molecule has 0 spiro atoms. The van der Waals surface area contributed by atoms with Crippen molar-refractivity contribution < 1.29 is 9.53 Å². The van der Waals surface area contributed by atoms with Crippen LogP contribution in [0, 0.1) is 0 Å². The zero-order chi connectivity index (χ0) is 11.5. The fraction of sp³-hybridized carbons (Fsp3) is 0.900. The molecule has 0 bridgehead atoms. The molecule has 5 nitrogen and oxygen atoms in total. The van der Waals surface area contributed by atoms with Crippen LogP contribution < -0.4 is 11.1 Å². The minimum Gasteiger partial charge on any atom is -0.374 e. The molecule has 1 saturated heterocycles. The van der Waals surface area contributed by atoms with Gasteiger partial charge in [-0.15, -0.1) is 0 Å². The molecular weight excluding hydrogens is 194 g/mol. The molecule has 1 unspecified atom stereocenters. The Morgan fingerprint density at radius 1 is 1.60 bits per heavy atom. The van der Waals surface area contributed by atoms with Crippen molar-refractivity contribution in [1.29, 1.82) is 0 Å². The third-order valence-corrected chi connectivity index (χ3v) is 2.59. The summed E-state index contributed by atoms with van der Waals surface area (Å²) in [5, 5.41) is 2.57. The van der Waals surface area contributed by atoms with Gasteiger partial charge >= 0.3 is 6.03 Å². The minimum absolute atomic E-state index is 0.0467. The number of nitrogens with two attached hydrogens (primary N) is 1. The lowest BCUT2D eigenvalue weighted by Gasteiger charge is -2.41. The van der Waals surface area contributed by atoms with Gasteiger partial charge in [0.2, 0.25) is 0 Å².